The zero-order valence-electron chi connectivity index (χ0n) is 10.2. The smallest absolute Gasteiger partial charge is 0.258 e. The Hall–Kier alpha value is -1.34. The molecule has 3 fully saturated rings. The number of hydrogen-bond donors (Lipinski definition) is 1. The Bertz CT molecular complexity index is 520. The summed E-state index contributed by atoms with van der Waals surface area (Å²) in [6.07, 6.45) is 0. The molecule has 3 heterocycles. The quantitative estimate of drug-likeness (QED) is 0.849. The Kier molecular flexibility index (Phi) is 3.32. The highest BCUT2D eigenvalue weighted by molar-refractivity contribution is 8.77. The minimum Gasteiger partial charge on any atom is -0.497 e. The third kappa shape index (κ3) is 2.28. The number of piperazine rings is 1. The fourth-order valence-corrected chi connectivity index (χ4v) is 4.68. The molecular formula is C12H12N2O3S2. The molecule has 2 bridgehead atoms. The van der Waals surface area contributed by atoms with Crippen molar-refractivity contribution in [3.8, 4) is 5.75 Å². The molecule has 1 aromatic carbocycles. The van der Waals surface area contributed by atoms with Crippen molar-refractivity contribution in [2.45, 2.75) is 17.3 Å². The Balaban J connectivity index is 1.78. The summed E-state index contributed by atoms with van der Waals surface area (Å²) in [6, 6.07) is 7.52. The van der Waals surface area contributed by atoms with Crippen LogP contribution in [0.4, 0.5) is 0 Å². The number of benzene rings is 1. The van der Waals surface area contributed by atoms with Gasteiger partial charge in [-0.25, -0.2) is 0 Å². The largest absolute Gasteiger partial charge is 0.497 e. The van der Waals surface area contributed by atoms with Crippen molar-refractivity contribution in [3.63, 3.8) is 0 Å². The minimum atomic E-state index is -0.444. The van der Waals surface area contributed by atoms with Crippen LogP contribution in [0.25, 0.3) is 0 Å². The predicted molar refractivity (Wildman–Crippen MR) is 74.4 cm³/mol. The fourth-order valence-electron chi connectivity index (χ4n) is 2.03. The van der Waals surface area contributed by atoms with Gasteiger partial charge in [0.1, 0.15) is 5.75 Å². The average Bonchev–Trinajstić information content (AvgIpc) is 2.44. The third-order valence-electron chi connectivity index (χ3n) is 3.04. The van der Waals surface area contributed by atoms with Gasteiger partial charge in [-0.1, -0.05) is 33.7 Å². The molecule has 19 heavy (non-hydrogen) atoms. The van der Waals surface area contributed by atoms with Gasteiger partial charge in [-0.05, 0) is 17.7 Å². The van der Waals surface area contributed by atoms with Crippen molar-refractivity contribution in [3.05, 3.63) is 29.8 Å². The second-order valence-electron chi connectivity index (χ2n) is 4.25. The van der Waals surface area contributed by atoms with Crippen LogP contribution in [0.3, 0.4) is 0 Å². The number of ether oxygens (including phenoxy) is 1. The van der Waals surface area contributed by atoms with Gasteiger partial charge < -0.3 is 15.0 Å². The van der Waals surface area contributed by atoms with Gasteiger partial charge in [0.05, 0.1) is 7.11 Å². The highest BCUT2D eigenvalue weighted by Gasteiger charge is 2.46. The highest BCUT2D eigenvalue weighted by Crippen LogP contribution is 2.42. The van der Waals surface area contributed by atoms with E-state index in [4.69, 9.17) is 4.74 Å². The first-order chi connectivity index (χ1) is 9.19. The Labute approximate surface area is 118 Å². The molecule has 0 radical (unpaired) electrons. The van der Waals surface area contributed by atoms with Gasteiger partial charge in [-0.3, -0.25) is 9.59 Å². The summed E-state index contributed by atoms with van der Waals surface area (Å²) in [5.74, 6) is 0.670. The standard InChI is InChI=1S/C12H12N2O3S2/c1-17-8-4-2-7(3-5-8)6-14-11(16)10-13-9(15)12(14)19-18-10/h2-5,10,12H,6H2,1H3,(H,13,15)/t10-,12+/m1/s1. The number of nitrogens with one attached hydrogen (secondary N) is 1. The molecule has 0 aliphatic carbocycles. The molecule has 0 aromatic heterocycles. The third-order valence-corrected chi connectivity index (χ3v) is 5.77. The molecule has 3 saturated heterocycles. The van der Waals surface area contributed by atoms with Crippen molar-refractivity contribution < 1.29 is 14.3 Å². The summed E-state index contributed by atoms with van der Waals surface area (Å²) >= 11 is 0. The Morgan fingerprint density at radius 2 is 2.00 bits per heavy atom. The maximum Gasteiger partial charge on any atom is 0.258 e. The molecule has 3 aliphatic rings. The van der Waals surface area contributed by atoms with Crippen LogP contribution in [0.5, 0.6) is 5.75 Å². The molecule has 2 atom stereocenters. The number of hydrogen-bond acceptors (Lipinski definition) is 5. The van der Waals surface area contributed by atoms with E-state index >= 15 is 0 Å². The number of nitrogens with zero attached hydrogens (tertiary/aromatic N) is 1. The van der Waals surface area contributed by atoms with Crippen molar-refractivity contribution in [1.29, 1.82) is 0 Å². The number of amides is 2. The number of fused-ring (bicyclic) bond motifs is 3. The lowest BCUT2D eigenvalue weighted by Gasteiger charge is -2.42. The first kappa shape index (κ1) is 12.7. The zero-order valence-corrected chi connectivity index (χ0v) is 11.8. The molecule has 0 spiro atoms. The summed E-state index contributed by atoms with van der Waals surface area (Å²) in [4.78, 5) is 25.5. The van der Waals surface area contributed by atoms with E-state index in [0.717, 1.165) is 11.3 Å². The number of carbonyl (C=O) groups excluding carboxylic acids is 2. The summed E-state index contributed by atoms with van der Waals surface area (Å²) in [6.45, 7) is 0.449. The van der Waals surface area contributed by atoms with E-state index in [1.807, 2.05) is 24.3 Å². The molecule has 4 rings (SSSR count). The monoisotopic (exact) mass is 296 g/mol. The van der Waals surface area contributed by atoms with Crippen molar-refractivity contribution in [2.75, 3.05) is 7.11 Å². The van der Waals surface area contributed by atoms with Crippen LogP contribution in [0.1, 0.15) is 5.56 Å². The predicted octanol–water partition coefficient (Wildman–Crippen LogP) is 1.20. The van der Waals surface area contributed by atoms with Gasteiger partial charge in [-0.2, -0.15) is 0 Å². The minimum absolute atomic E-state index is 0.0239. The van der Waals surface area contributed by atoms with Crippen LogP contribution in [-0.2, 0) is 16.1 Å². The lowest BCUT2D eigenvalue weighted by molar-refractivity contribution is -0.143. The van der Waals surface area contributed by atoms with E-state index in [9.17, 15) is 9.59 Å². The number of rotatable bonds is 3. The normalized spacial score (nSPS) is 25.4. The van der Waals surface area contributed by atoms with E-state index in [1.165, 1.54) is 21.6 Å². The summed E-state index contributed by atoms with van der Waals surface area (Å²) in [5, 5.41) is 1.82. The van der Waals surface area contributed by atoms with Gasteiger partial charge in [0.2, 0.25) is 0 Å². The topological polar surface area (TPSA) is 58.6 Å². The second kappa shape index (κ2) is 4.97. The fraction of sp³-hybridized carbons (Fsp3) is 0.333. The molecule has 0 saturated carbocycles. The molecule has 0 unspecified atom stereocenters. The summed E-state index contributed by atoms with van der Waals surface area (Å²) in [5.41, 5.74) is 0.986. The Morgan fingerprint density at radius 3 is 2.63 bits per heavy atom. The van der Waals surface area contributed by atoms with E-state index in [0.29, 0.717) is 6.54 Å². The van der Waals surface area contributed by atoms with E-state index in [1.54, 1.807) is 12.0 Å². The molecule has 3 aliphatic heterocycles. The van der Waals surface area contributed by atoms with Crippen molar-refractivity contribution in [1.82, 2.24) is 10.2 Å². The van der Waals surface area contributed by atoms with Gasteiger partial charge in [0.25, 0.3) is 11.8 Å². The van der Waals surface area contributed by atoms with E-state index in [-0.39, 0.29) is 11.8 Å². The van der Waals surface area contributed by atoms with Gasteiger partial charge in [0.15, 0.2) is 10.7 Å². The van der Waals surface area contributed by atoms with Gasteiger partial charge >= 0.3 is 0 Å². The van der Waals surface area contributed by atoms with Crippen LogP contribution in [0.2, 0.25) is 0 Å². The molecule has 2 amide bonds. The SMILES string of the molecule is COc1ccc(CN2C(=O)[C@@H]3NC(=O)[C@@H]2SS3)cc1. The van der Waals surface area contributed by atoms with Crippen LogP contribution in [0.15, 0.2) is 24.3 Å². The van der Waals surface area contributed by atoms with Crippen molar-refractivity contribution >= 4 is 33.4 Å². The lowest BCUT2D eigenvalue weighted by atomic mass is 10.2. The number of methoxy groups -OCH3 is 1. The first-order valence-corrected chi connectivity index (χ1v) is 8.02. The molecule has 7 heteroatoms. The van der Waals surface area contributed by atoms with Crippen LogP contribution < -0.4 is 10.1 Å². The second-order valence-corrected chi connectivity index (χ2v) is 6.71. The van der Waals surface area contributed by atoms with Gasteiger partial charge in [0, 0.05) is 6.54 Å². The maximum absolute atomic E-state index is 12.1. The molecule has 1 N–H and O–H groups in total. The summed E-state index contributed by atoms with van der Waals surface area (Å²) < 4.78 is 5.09. The van der Waals surface area contributed by atoms with Crippen molar-refractivity contribution in [2.24, 2.45) is 0 Å². The van der Waals surface area contributed by atoms with Crippen LogP contribution in [-0.4, -0.2) is 34.6 Å². The lowest BCUT2D eigenvalue weighted by Crippen LogP contribution is -2.63. The zero-order chi connectivity index (χ0) is 13.4. The van der Waals surface area contributed by atoms with Gasteiger partial charge in [-0.15, -0.1) is 0 Å². The Morgan fingerprint density at radius 1 is 1.26 bits per heavy atom. The average molecular weight is 296 g/mol. The van der Waals surface area contributed by atoms with Crippen LogP contribution >= 0.6 is 21.6 Å². The van der Waals surface area contributed by atoms with E-state index < -0.39 is 10.7 Å². The summed E-state index contributed by atoms with van der Waals surface area (Å²) in [7, 11) is 4.48. The molecule has 5 nitrogen and oxygen atoms in total. The molecule has 100 valence electrons. The number of carbonyl (C=O) groups is 2. The molecule has 1 aromatic rings. The maximum atomic E-state index is 12.1. The highest BCUT2D eigenvalue weighted by atomic mass is 33.1. The van der Waals surface area contributed by atoms with Crippen LogP contribution in [0, 0.1) is 0 Å². The van der Waals surface area contributed by atoms with E-state index in [2.05, 4.69) is 5.32 Å². The molecular weight excluding hydrogens is 284 g/mol. The first-order valence-electron chi connectivity index (χ1n) is 5.75.